The van der Waals surface area contributed by atoms with Gasteiger partial charge in [0, 0.05) is 6.20 Å². The van der Waals surface area contributed by atoms with E-state index in [9.17, 15) is 0 Å². The minimum atomic E-state index is 0.565. The number of nitrogens with zero attached hydrogens (tertiary/aromatic N) is 3. The van der Waals surface area contributed by atoms with Crippen molar-refractivity contribution < 1.29 is 0 Å². The Kier molecular flexibility index (Phi) is 2.76. The van der Waals surface area contributed by atoms with E-state index in [0.29, 0.717) is 5.15 Å². The van der Waals surface area contributed by atoms with Gasteiger partial charge in [-0.2, -0.15) is 5.10 Å². The summed E-state index contributed by atoms with van der Waals surface area (Å²) < 4.78 is 2.56. The molecular weight excluding hydrogens is 349 g/mol. The first-order chi connectivity index (χ1) is 8.27. The van der Waals surface area contributed by atoms with Gasteiger partial charge in [0.15, 0.2) is 5.65 Å². The van der Waals surface area contributed by atoms with Crippen molar-refractivity contribution in [3.63, 3.8) is 0 Å². The zero-order chi connectivity index (χ0) is 11.8. The first-order valence-electron chi connectivity index (χ1n) is 5.01. The fraction of sp³-hybridized carbons (Fsp3) is 0. The van der Waals surface area contributed by atoms with E-state index in [-0.39, 0.29) is 0 Å². The number of hydrogen-bond acceptors (Lipinski definition) is 2. The molecule has 0 N–H and O–H groups in total. The van der Waals surface area contributed by atoms with E-state index in [1.54, 1.807) is 16.8 Å². The van der Waals surface area contributed by atoms with Crippen LogP contribution in [0.3, 0.4) is 0 Å². The molecule has 0 amide bonds. The van der Waals surface area contributed by atoms with Crippen LogP contribution in [0.4, 0.5) is 0 Å². The van der Waals surface area contributed by atoms with Crippen molar-refractivity contribution in [2.24, 2.45) is 0 Å². The largest absolute Gasteiger partial charge is 0.236 e. The molecule has 0 atom stereocenters. The van der Waals surface area contributed by atoms with E-state index in [1.807, 2.05) is 30.3 Å². The van der Waals surface area contributed by atoms with E-state index >= 15 is 0 Å². The molecule has 3 nitrogen and oxygen atoms in total. The maximum atomic E-state index is 6.09. The van der Waals surface area contributed by atoms with Gasteiger partial charge in [-0.1, -0.05) is 41.9 Å². The Morgan fingerprint density at radius 1 is 1.12 bits per heavy atom. The lowest BCUT2D eigenvalue weighted by Crippen LogP contribution is -1.90. The Hall–Kier alpha value is -1.14. The molecule has 0 radical (unpaired) electrons. The lowest BCUT2D eigenvalue weighted by molar-refractivity contribution is 0.927. The average Bonchev–Trinajstić information content (AvgIpc) is 2.68. The van der Waals surface area contributed by atoms with Gasteiger partial charge in [-0.3, -0.25) is 0 Å². The van der Waals surface area contributed by atoms with Crippen molar-refractivity contribution in [2.75, 3.05) is 0 Å². The van der Waals surface area contributed by atoms with Crippen molar-refractivity contribution in [1.82, 2.24) is 14.6 Å². The Labute approximate surface area is 117 Å². The summed E-state index contributed by atoms with van der Waals surface area (Å²) in [6.07, 6.45) is 1.70. The highest BCUT2D eigenvalue weighted by Crippen LogP contribution is 2.29. The molecule has 17 heavy (non-hydrogen) atoms. The summed E-state index contributed by atoms with van der Waals surface area (Å²) in [5.74, 6) is 0. The fourth-order valence-corrected chi connectivity index (χ4v) is 2.69. The fourth-order valence-electron chi connectivity index (χ4n) is 1.74. The third-order valence-electron chi connectivity index (χ3n) is 2.49. The molecule has 0 unspecified atom stereocenters. The predicted octanol–water partition coefficient (Wildman–Crippen LogP) is 3.65. The van der Waals surface area contributed by atoms with Crippen molar-refractivity contribution in [3.8, 4) is 11.1 Å². The molecule has 2 aromatic heterocycles. The van der Waals surface area contributed by atoms with Gasteiger partial charge in [-0.15, -0.1) is 0 Å². The standard InChI is InChI=1S/C12H7ClIN3/c13-9-6-7-15-12-10(11(14)16-17(9)12)8-4-2-1-3-5-8/h1-7H. The van der Waals surface area contributed by atoms with Crippen molar-refractivity contribution in [1.29, 1.82) is 0 Å². The molecule has 5 heteroatoms. The van der Waals surface area contributed by atoms with Crippen LogP contribution in [0.5, 0.6) is 0 Å². The number of benzene rings is 1. The van der Waals surface area contributed by atoms with E-state index in [1.165, 1.54) is 0 Å². The van der Waals surface area contributed by atoms with Crippen LogP contribution in [-0.4, -0.2) is 14.6 Å². The SMILES string of the molecule is Clc1ccnc2c(-c3ccccc3)c(I)nn12. The van der Waals surface area contributed by atoms with Gasteiger partial charge in [0.05, 0.1) is 5.56 Å². The molecule has 0 aliphatic carbocycles. The smallest absolute Gasteiger partial charge is 0.165 e. The third-order valence-corrected chi connectivity index (χ3v) is 3.53. The van der Waals surface area contributed by atoms with Crippen LogP contribution in [0.25, 0.3) is 16.8 Å². The minimum absolute atomic E-state index is 0.565. The summed E-state index contributed by atoms with van der Waals surface area (Å²) in [6, 6.07) is 11.8. The molecule has 0 saturated carbocycles. The second-order valence-corrected chi connectivity index (χ2v) is 4.94. The van der Waals surface area contributed by atoms with Gasteiger partial charge in [0.25, 0.3) is 0 Å². The maximum Gasteiger partial charge on any atom is 0.165 e. The molecule has 1 aromatic carbocycles. The molecule has 0 saturated heterocycles. The van der Waals surface area contributed by atoms with Crippen LogP contribution in [0.2, 0.25) is 5.15 Å². The normalized spacial score (nSPS) is 10.9. The zero-order valence-corrected chi connectivity index (χ0v) is 11.6. The first-order valence-corrected chi connectivity index (χ1v) is 6.47. The highest BCUT2D eigenvalue weighted by molar-refractivity contribution is 14.1. The number of fused-ring (bicyclic) bond motifs is 1. The average molecular weight is 356 g/mol. The monoisotopic (exact) mass is 355 g/mol. The number of hydrogen-bond donors (Lipinski definition) is 0. The molecule has 0 bridgehead atoms. The summed E-state index contributed by atoms with van der Waals surface area (Å²) in [4.78, 5) is 4.35. The van der Waals surface area contributed by atoms with Crippen LogP contribution < -0.4 is 0 Å². The van der Waals surface area contributed by atoms with E-state index < -0.39 is 0 Å². The van der Waals surface area contributed by atoms with Crippen LogP contribution in [-0.2, 0) is 0 Å². The van der Waals surface area contributed by atoms with Gasteiger partial charge >= 0.3 is 0 Å². The van der Waals surface area contributed by atoms with Crippen LogP contribution in [0, 0.1) is 3.70 Å². The Morgan fingerprint density at radius 2 is 1.88 bits per heavy atom. The van der Waals surface area contributed by atoms with Crippen molar-refractivity contribution >= 4 is 39.8 Å². The molecule has 0 aliphatic heterocycles. The summed E-state index contributed by atoms with van der Waals surface area (Å²) in [6.45, 7) is 0. The Bertz CT molecular complexity index is 679. The molecule has 0 fully saturated rings. The maximum absolute atomic E-state index is 6.09. The molecule has 3 rings (SSSR count). The highest BCUT2D eigenvalue weighted by Gasteiger charge is 2.14. The first kappa shape index (κ1) is 11.0. The quantitative estimate of drug-likeness (QED) is 0.493. The van der Waals surface area contributed by atoms with Crippen molar-refractivity contribution in [3.05, 3.63) is 51.4 Å². The lowest BCUT2D eigenvalue weighted by Gasteiger charge is -1.99. The minimum Gasteiger partial charge on any atom is -0.236 e. The topological polar surface area (TPSA) is 30.2 Å². The van der Waals surface area contributed by atoms with Gasteiger partial charge in [0.1, 0.15) is 8.85 Å². The summed E-state index contributed by atoms with van der Waals surface area (Å²) in [7, 11) is 0. The molecule has 2 heterocycles. The lowest BCUT2D eigenvalue weighted by atomic mass is 10.1. The Balaban J connectivity index is 2.37. The van der Waals surface area contributed by atoms with E-state index in [4.69, 9.17) is 11.6 Å². The van der Waals surface area contributed by atoms with Crippen LogP contribution >= 0.6 is 34.2 Å². The molecular formula is C12H7ClIN3. The number of rotatable bonds is 1. The second-order valence-electron chi connectivity index (χ2n) is 3.53. The molecule has 3 aromatic rings. The predicted molar refractivity (Wildman–Crippen MR) is 76.2 cm³/mol. The third kappa shape index (κ3) is 1.81. The Morgan fingerprint density at radius 3 is 2.65 bits per heavy atom. The van der Waals surface area contributed by atoms with Gasteiger partial charge in [-0.05, 0) is 34.2 Å². The highest BCUT2D eigenvalue weighted by atomic mass is 127. The van der Waals surface area contributed by atoms with Gasteiger partial charge in [-0.25, -0.2) is 9.50 Å². The van der Waals surface area contributed by atoms with Crippen molar-refractivity contribution in [2.45, 2.75) is 0 Å². The van der Waals surface area contributed by atoms with Crippen LogP contribution in [0.1, 0.15) is 0 Å². The van der Waals surface area contributed by atoms with Crippen LogP contribution in [0.15, 0.2) is 42.6 Å². The van der Waals surface area contributed by atoms with Gasteiger partial charge in [0.2, 0.25) is 0 Å². The molecule has 84 valence electrons. The van der Waals surface area contributed by atoms with E-state index in [2.05, 4.69) is 32.7 Å². The molecule has 0 spiro atoms. The summed E-state index contributed by atoms with van der Waals surface area (Å²) >= 11 is 8.29. The number of aromatic nitrogens is 3. The summed E-state index contributed by atoms with van der Waals surface area (Å²) in [5, 5.41) is 4.96. The van der Waals surface area contributed by atoms with E-state index in [0.717, 1.165) is 20.5 Å². The molecule has 0 aliphatic rings. The zero-order valence-electron chi connectivity index (χ0n) is 8.64. The summed E-state index contributed by atoms with van der Waals surface area (Å²) in [5.41, 5.74) is 2.91. The second kappa shape index (κ2) is 4.27. The van der Waals surface area contributed by atoms with Gasteiger partial charge < -0.3 is 0 Å². The number of halogens is 2.